The fourth-order valence-corrected chi connectivity index (χ4v) is 4.55. The van der Waals surface area contributed by atoms with Crippen LogP contribution in [-0.2, 0) is 11.3 Å². The number of anilines is 1. The summed E-state index contributed by atoms with van der Waals surface area (Å²) in [6, 6.07) is 7.67. The number of nitrogens with two attached hydrogens (primary N) is 1. The first-order valence-electron chi connectivity index (χ1n) is 11.0. The second kappa shape index (κ2) is 10.3. The van der Waals surface area contributed by atoms with Gasteiger partial charge in [0.25, 0.3) is 5.91 Å². The molecule has 0 spiro atoms. The number of benzene rings is 1. The molecule has 1 aliphatic rings. The average molecular weight is 444 g/mol. The largest absolute Gasteiger partial charge is 0.338 e. The predicted molar refractivity (Wildman–Crippen MR) is 124 cm³/mol. The molecule has 8 heteroatoms. The van der Waals surface area contributed by atoms with Crippen molar-refractivity contribution in [3.63, 3.8) is 0 Å². The van der Waals surface area contributed by atoms with E-state index in [1.165, 1.54) is 6.42 Å². The zero-order valence-electron chi connectivity index (χ0n) is 18.7. The van der Waals surface area contributed by atoms with Gasteiger partial charge < -0.3 is 16.0 Å². The smallest absolute Gasteiger partial charge is 0.269 e. The molecular weight excluding hydrogens is 410 g/mol. The van der Waals surface area contributed by atoms with Crippen LogP contribution in [0.2, 0.25) is 0 Å². The Morgan fingerprint density at radius 2 is 2.00 bits per heavy atom. The van der Waals surface area contributed by atoms with Gasteiger partial charge in [0.05, 0.1) is 5.69 Å². The number of amides is 2. The molecule has 0 saturated heterocycles. The Hall–Kier alpha value is -2.32. The van der Waals surface area contributed by atoms with Gasteiger partial charge in [-0.3, -0.25) is 9.59 Å². The first kappa shape index (κ1) is 23.3. The lowest BCUT2D eigenvalue weighted by molar-refractivity contribution is -0.138. The van der Waals surface area contributed by atoms with E-state index in [9.17, 15) is 9.59 Å². The molecule has 0 aliphatic heterocycles. The molecular formula is C23H33N5O2S. The first-order chi connectivity index (χ1) is 14.8. The van der Waals surface area contributed by atoms with Crippen LogP contribution in [0, 0.1) is 18.3 Å². The number of hydrogen-bond acceptors (Lipinski definition) is 6. The molecule has 1 saturated carbocycles. The zero-order chi connectivity index (χ0) is 22.4. The Labute approximate surface area is 188 Å². The van der Waals surface area contributed by atoms with Crippen LogP contribution in [0.4, 0.5) is 5.69 Å². The Bertz CT molecular complexity index is 905. The number of hydrogen-bond donors (Lipinski definition) is 2. The van der Waals surface area contributed by atoms with Crippen molar-refractivity contribution < 1.29 is 9.59 Å². The maximum absolute atomic E-state index is 13.4. The molecule has 2 aromatic rings. The summed E-state index contributed by atoms with van der Waals surface area (Å²) in [7, 11) is 0. The summed E-state index contributed by atoms with van der Waals surface area (Å²) in [4.78, 5) is 28.3. The highest BCUT2D eigenvalue weighted by Crippen LogP contribution is 2.28. The SMILES string of the molecule is Cc1nnsc1C(=O)Nc1cccc(CN(CC(C)(C)CN)C(=O)C2CCCCC2)c1. The molecule has 0 bridgehead atoms. The topological polar surface area (TPSA) is 101 Å². The highest BCUT2D eigenvalue weighted by molar-refractivity contribution is 7.08. The first-order valence-corrected chi connectivity index (χ1v) is 11.7. The quantitative estimate of drug-likeness (QED) is 0.642. The number of nitrogens with zero attached hydrogens (tertiary/aromatic N) is 3. The summed E-state index contributed by atoms with van der Waals surface area (Å²) in [6.45, 7) is 7.58. The lowest BCUT2D eigenvalue weighted by Gasteiger charge is -2.35. The summed E-state index contributed by atoms with van der Waals surface area (Å²) in [5.74, 6) is 0.109. The minimum Gasteiger partial charge on any atom is -0.338 e. The van der Waals surface area contributed by atoms with E-state index in [1.807, 2.05) is 29.2 Å². The third-order valence-corrected chi connectivity index (χ3v) is 6.68. The highest BCUT2D eigenvalue weighted by Gasteiger charge is 2.30. The molecule has 7 nitrogen and oxygen atoms in total. The predicted octanol–water partition coefficient (Wildman–Crippen LogP) is 3.99. The molecule has 168 valence electrons. The molecule has 0 atom stereocenters. The van der Waals surface area contributed by atoms with Gasteiger partial charge in [0.15, 0.2) is 0 Å². The summed E-state index contributed by atoms with van der Waals surface area (Å²) in [6.07, 6.45) is 5.40. The van der Waals surface area contributed by atoms with Crippen molar-refractivity contribution in [3.05, 3.63) is 40.4 Å². The number of nitrogens with one attached hydrogen (secondary N) is 1. The van der Waals surface area contributed by atoms with Gasteiger partial charge in [-0.25, -0.2) is 0 Å². The van der Waals surface area contributed by atoms with Gasteiger partial charge in [0.1, 0.15) is 4.88 Å². The second-order valence-corrected chi connectivity index (χ2v) is 9.99. The van der Waals surface area contributed by atoms with E-state index in [-0.39, 0.29) is 23.1 Å². The molecule has 31 heavy (non-hydrogen) atoms. The van der Waals surface area contributed by atoms with Crippen molar-refractivity contribution in [2.75, 3.05) is 18.4 Å². The van der Waals surface area contributed by atoms with Crippen LogP contribution in [0.5, 0.6) is 0 Å². The normalized spacial score (nSPS) is 15.0. The van der Waals surface area contributed by atoms with E-state index in [1.54, 1.807) is 6.92 Å². The van der Waals surface area contributed by atoms with Crippen LogP contribution >= 0.6 is 11.5 Å². The average Bonchev–Trinajstić information content (AvgIpc) is 3.19. The van der Waals surface area contributed by atoms with Crippen molar-refractivity contribution in [2.45, 2.75) is 59.4 Å². The molecule has 1 aliphatic carbocycles. The summed E-state index contributed by atoms with van der Waals surface area (Å²) in [5, 5.41) is 6.81. The van der Waals surface area contributed by atoms with E-state index in [0.29, 0.717) is 35.9 Å². The van der Waals surface area contributed by atoms with Crippen LogP contribution in [0.15, 0.2) is 24.3 Å². The van der Waals surface area contributed by atoms with Gasteiger partial charge in [-0.15, -0.1) is 5.10 Å². The van der Waals surface area contributed by atoms with Crippen LogP contribution in [0.1, 0.15) is 66.9 Å². The molecule has 1 aromatic heterocycles. The minimum atomic E-state index is -0.218. The molecule has 2 amide bonds. The molecule has 0 radical (unpaired) electrons. The van der Waals surface area contributed by atoms with Crippen LogP contribution in [-0.4, -0.2) is 39.4 Å². The Morgan fingerprint density at radius 3 is 2.65 bits per heavy atom. The number of carbonyl (C=O) groups excluding carboxylic acids is 2. The lowest BCUT2D eigenvalue weighted by Crippen LogP contribution is -2.44. The van der Waals surface area contributed by atoms with Crippen molar-refractivity contribution >= 4 is 29.0 Å². The fourth-order valence-electron chi connectivity index (χ4n) is 4.00. The van der Waals surface area contributed by atoms with E-state index < -0.39 is 0 Å². The number of rotatable bonds is 8. The monoisotopic (exact) mass is 443 g/mol. The second-order valence-electron chi connectivity index (χ2n) is 9.24. The summed E-state index contributed by atoms with van der Waals surface area (Å²) < 4.78 is 3.82. The van der Waals surface area contributed by atoms with Gasteiger partial charge in [-0.1, -0.05) is 49.7 Å². The van der Waals surface area contributed by atoms with Gasteiger partial charge in [0.2, 0.25) is 5.91 Å². The maximum atomic E-state index is 13.4. The number of aryl methyl sites for hydroxylation is 1. The van der Waals surface area contributed by atoms with E-state index in [2.05, 4.69) is 28.8 Å². The Balaban J connectivity index is 1.75. The van der Waals surface area contributed by atoms with Crippen molar-refractivity contribution in [1.82, 2.24) is 14.5 Å². The zero-order valence-corrected chi connectivity index (χ0v) is 19.5. The fraction of sp³-hybridized carbons (Fsp3) is 0.565. The van der Waals surface area contributed by atoms with Crippen molar-refractivity contribution in [2.24, 2.45) is 17.1 Å². The summed E-state index contributed by atoms with van der Waals surface area (Å²) in [5.41, 5.74) is 8.10. The molecule has 3 rings (SSSR count). The molecule has 1 fully saturated rings. The Kier molecular flexibility index (Phi) is 7.78. The van der Waals surface area contributed by atoms with Gasteiger partial charge >= 0.3 is 0 Å². The van der Waals surface area contributed by atoms with E-state index >= 15 is 0 Å². The van der Waals surface area contributed by atoms with Crippen molar-refractivity contribution in [1.29, 1.82) is 0 Å². The van der Waals surface area contributed by atoms with Gasteiger partial charge in [-0.2, -0.15) is 0 Å². The third kappa shape index (κ3) is 6.33. The molecule has 1 aromatic carbocycles. The van der Waals surface area contributed by atoms with Gasteiger partial charge in [0, 0.05) is 24.7 Å². The molecule has 3 N–H and O–H groups in total. The van der Waals surface area contributed by atoms with Crippen molar-refractivity contribution in [3.8, 4) is 0 Å². The standard InChI is InChI=1S/C23H33N5O2S/c1-16-20(31-27-26-16)21(29)25-19-11-7-8-17(12-19)13-28(15-23(2,3)14-24)22(30)18-9-5-4-6-10-18/h7-8,11-12,18H,4-6,9-10,13-15,24H2,1-3H3,(H,25,29). The third-order valence-electron chi connectivity index (χ3n) is 5.85. The summed E-state index contributed by atoms with van der Waals surface area (Å²) >= 11 is 1.08. The maximum Gasteiger partial charge on any atom is 0.269 e. The van der Waals surface area contributed by atoms with Crippen LogP contribution in [0.25, 0.3) is 0 Å². The van der Waals surface area contributed by atoms with Crippen LogP contribution < -0.4 is 11.1 Å². The van der Waals surface area contributed by atoms with E-state index in [0.717, 1.165) is 42.8 Å². The Morgan fingerprint density at radius 1 is 1.26 bits per heavy atom. The van der Waals surface area contributed by atoms with E-state index in [4.69, 9.17) is 5.73 Å². The molecule has 0 unspecified atom stereocenters. The minimum absolute atomic E-state index is 0.104. The highest BCUT2D eigenvalue weighted by atomic mass is 32.1. The number of aromatic nitrogens is 2. The van der Waals surface area contributed by atoms with Crippen LogP contribution in [0.3, 0.4) is 0 Å². The molecule has 1 heterocycles. The van der Waals surface area contributed by atoms with Gasteiger partial charge in [-0.05, 0) is 61.0 Å². The number of carbonyl (C=O) groups is 2. The lowest BCUT2D eigenvalue weighted by atomic mass is 9.86.